The van der Waals surface area contributed by atoms with Crippen LogP contribution < -0.4 is 4.74 Å². The maximum absolute atomic E-state index is 5.67. The van der Waals surface area contributed by atoms with Gasteiger partial charge in [0.25, 0.3) is 0 Å². The molecular weight excluding hydrogens is 355 g/mol. The first-order chi connectivity index (χ1) is 6.76. The minimum Gasteiger partial charge on any atom is -0.493 e. The van der Waals surface area contributed by atoms with Gasteiger partial charge in [-0.15, -0.1) is 0 Å². The summed E-state index contributed by atoms with van der Waals surface area (Å²) in [6.07, 6.45) is 1.15. The highest BCUT2D eigenvalue weighted by molar-refractivity contribution is 14.1. The summed E-state index contributed by atoms with van der Waals surface area (Å²) in [6.45, 7) is 2.98. The van der Waals surface area contributed by atoms with Gasteiger partial charge in [-0.05, 0) is 53.3 Å². The summed E-state index contributed by atoms with van der Waals surface area (Å²) < 4.78 is 6.91. The van der Waals surface area contributed by atoms with E-state index in [9.17, 15) is 0 Å². The molecule has 14 heavy (non-hydrogen) atoms. The highest BCUT2D eigenvalue weighted by atomic mass is 127. The van der Waals surface area contributed by atoms with E-state index in [1.54, 1.807) is 0 Å². The second kappa shape index (κ2) is 6.67. The van der Waals surface area contributed by atoms with Gasteiger partial charge in [0.15, 0.2) is 0 Å². The fourth-order valence-electron chi connectivity index (χ4n) is 1.02. The Bertz CT molecular complexity index is 256. The van der Waals surface area contributed by atoms with E-state index in [4.69, 9.17) is 4.74 Å². The van der Waals surface area contributed by atoms with Crippen LogP contribution in [-0.2, 0) is 0 Å². The summed E-state index contributed by atoms with van der Waals surface area (Å²) in [4.78, 5) is 0. The molecule has 0 saturated heterocycles. The molecule has 0 fully saturated rings. The molecule has 1 unspecified atom stereocenters. The molecule has 1 atom stereocenters. The first-order valence-electron chi connectivity index (χ1n) is 4.70. The molecule has 1 aromatic rings. The molecular formula is C11H14BrIO. The summed E-state index contributed by atoms with van der Waals surface area (Å²) in [6, 6.07) is 8.15. The van der Waals surface area contributed by atoms with Crippen LogP contribution >= 0.6 is 38.5 Å². The number of alkyl halides is 1. The molecule has 3 heteroatoms. The van der Waals surface area contributed by atoms with Crippen LogP contribution in [0, 0.1) is 9.49 Å². The smallest absolute Gasteiger partial charge is 0.119 e. The molecule has 0 saturated carbocycles. The van der Waals surface area contributed by atoms with Gasteiger partial charge in [0.05, 0.1) is 6.61 Å². The predicted octanol–water partition coefficient (Wildman–Crippen LogP) is 4.09. The molecule has 0 aliphatic rings. The fraction of sp³-hybridized carbons (Fsp3) is 0.455. The minimum atomic E-state index is 0.606. The van der Waals surface area contributed by atoms with Gasteiger partial charge in [0.2, 0.25) is 0 Å². The number of hydrogen-bond donors (Lipinski definition) is 0. The summed E-state index contributed by atoms with van der Waals surface area (Å²) in [7, 11) is 0. The van der Waals surface area contributed by atoms with E-state index >= 15 is 0 Å². The lowest BCUT2D eigenvalue weighted by Gasteiger charge is -2.12. The second-order valence-electron chi connectivity index (χ2n) is 3.19. The summed E-state index contributed by atoms with van der Waals surface area (Å²) in [5.74, 6) is 1.57. The maximum Gasteiger partial charge on any atom is 0.119 e. The molecule has 0 amide bonds. The van der Waals surface area contributed by atoms with Crippen LogP contribution in [0.15, 0.2) is 24.3 Å². The second-order valence-corrected chi connectivity index (χ2v) is 5.09. The molecule has 1 rings (SSSR count). The highest BCUT2D eigenvalue weighted by Gasteiger charge is 2.04. The number of rotatable bonds is 5. The average molecular weight is 369 g/mol. The van der Waals surface area contributed by atoms with Crippen LogP contribution in [0.5, 0.6) is 5.75 Å². The van der Waals surface area contributed by atoms with Crippen molar-refractivity contribution in [1.82, 2.24) is 0 Å². The maximum atomic E-state index is 5.67. The number of benzene rings is 1. The van der Waals surface area contributed by atoms with E-state index < -0.39 is 0 Å². The number of hydrogen-bond acceptors (Lipinski definition) is 1. The Kier molecular flexibility index (Phi) is 5.86. The molecule has 0 radical (unpaired) electrons. The van der Waals surface area contributed by atoms with Crippen molar-refractivity contribution in [2.45, 2.75) is 13.3 Å². The zero-order valence-corrected chi connectivity index (χ0v) is 11.9. The van der Waals surface area contributed by atoms with Gasteiger partial charge in [0, 0.05) is 14.8 Å². The zero-order valence-electron chi connectivity index (χ0n) is 8.17. The highest BCUT2D eigenvalue weighted by Crippen LogP contribution is 2.15. The van der Waals surface area contributed by atoms with Crippen LogP contribution in [0.3, 0.4) is 0 Å². The van der Waals surface area contributed by atoms with Crippen LogP contribution in [-0.4, -0.2) is 11.9 Å². The Morgan fingerprint density at radius 3 is 2.50 bits per heavy atom. The molecule has 0 spiro atoms. The summed E-state index contributed by atoms with van der Waals surface area (Å²) in [5, 5.41) is 1.01. The van der Waals surface area contributed by atoms with Crippen molar-refractivity contribution < 1.29 is 4.74 Å². The molecule has 1 aromatic carbocycles. The van der Waals surface area contributed by atoms with Crippen molar-refractivity contribution in [1.29, 1.82) is 0 Å². The van der Waals surface area contributed by atoms with Gasteiger partial charge in [-0.2, -0.15) is 0 Å². The summed E-state index contributed by atoms with van der Waals surface area (Å²) in [5.41, 5.74) is 0. The Morgan fingerprint density at radius 2 is 2.00 bits per heavy atom. The Balaban J connectivity index is 2.41. The SMILES string of the molecule is CCC(CBr)COc1ccc(I)cc1. The van der Waals surface area contributed by atoms with Crippen LogP contribution in [0.2, 0.25) is 0 Å². The third-order valence-electron chi connectivity index (χ3n) is 2.09. The van der Waals surface area contributed by atoms with Crippen LogP contribution in [0.25, 0.3) is 0 Å². The van der Waals surface area contributed by atoms with Gasteiger partial charge in [-0.3, -0.25) is 0 Å². The molecule has 1 nitrogen and oxygen atoms in total. The van der Waals surface area contributed by atoms with Crippen LogP contribution in [0.1, 0.15) is 13.3 Å². The standard InChI is InChI=1S/C11H14BrIO/c1-2-9(7-12)8-14-11-5-3-10(13)4-6-11/h3-6,9H,2,7-8H2,1H3. The average Bonchev–Trinajstić information content (AvgIpc) is 2.22. The van der Waals surface area contributed by atoms with Crippen molar-refractivity contribution in [2.75, 3.05) is 11.9 Å². The molecule has 0 heterocycles. The lowest BCUT2D eigenvalue weighted by Crippen LogP contribution is -2.12. The molecule has 0 bridgehead atoms. The Labute approximate surface area is 107 Å². The van der Waals surface area contributed by atoms with Crippen molar-refractivity contribution in [3.05, 3.63) is 27.8 Å². The molecule has 0 aromatic heterocycles. The van der Waals surface area contributed by atoms with E-state index in [0.717, 1.165) is 24.1 Å². The van der Waals surface area contributed by atoms with Gasteiger partial charge in [-0.25, -0.2) is 0 Å². The normalized spacial score (nSPS) is 12.5. The first kappa shape index (κ1) is 12.3. The third kappa shape index (κ3) is 4.17. The van der Waals surface area contributed by atoms with E-state index in [0.29, 0.717) is 5.92 Å². The van der Waals surface area contributed by atoms with Crippen molar-refractivity contribution in [3.63, 3.8) is 0 Å². The topological polar surface area (TPSA) is 9.23 Å². The Morgan fingerprint density at radius 1 is 1.36 bits per heavy atom. The van der Waals surface area contributed by atoms with E-state index in [1.807, 2.05) is 12.1 Å². The zero-order chi connectivity index (χ0) is 10.4. The fourth-order valence-corrected chi connectivity index (χ4v) is 2.02. The quantitative estimate of drug-likeness (QED) is 0.561. The van der Waals surface area contributed by atoms with Crippen LogP contribution in [0.4, 0.5) is 0 Å². The van der Waals surface area contributed by atoms with E-state index in [2.05, 4.69) is 57.6 Å². The van der Waals surface area contributed by atoms with E-state index in [-0.39, 0.29) is 0 Å². The molecule has 0 N–H and O–H groups in total. The molecule has 78 valence electrons. The van der Waals surface area contributed by atoms with Gasteiger partial charge in [-0.1, -0.05) is 22.9 Å². The van der Waals surface area contributed by atoms with E-state index in [1.165, 1.54) is 3.57 Å². The first-order valence-corrected chi connectivity index (χ1v) is 6.90. The Hall–Kier alpha value is 0.230. The monoisotopic (exact) mass is 368 g/mol. The predicted molar refractivity (Wildman–Crippen MR) is 72.2 cm³/mol. The third-order valence-corrected chi connectivity index (χ3v) is 3.73. The van der Waals surface area contributed by atoms with Gasteiger partial charge < -0.3 is 4.74 Å². The van der Waals surface area contributed by atoms with Crippen molar-refractivity contribution >= 4 is 38.5 Å². The molecule has 0 aliphatic heterocycles. The van der Waals surface area contributed by atoms with Gasteiger partial charge in [0.1, 0.15) is 5.75 Å². The molecule has 0 aliphatic carbocycles. The minimum absolute atomic E-state index is 0.606. The summed E-state index contributed by atoms with van der Waals surface area (Å²) >= 11 is 5.77. The number of halogens is 2. The lowest BCUT2D eigenvalue weighted by molar-refractivity contribution is 0.260. The van der Waals surface area contributed by atoms with Crippen molar-refractivity contribution in [3.8, 4) is 5.75 Å². The number of ether oxygens (including phenoxy) is 1. The lowest BCUT2D eigenvalue weighted by atomic mass is 10.1. The largest absolute Gasteiger partial charge is 0.493 e. The van der Waals surface area contributed by atoms with Crippen molar-refractivity contribution in [2.24, 2.45) is 5.92 Å². The van der Waals surface area contributed by atoms with Gasteiger partial charge >= 0.3 is 0 Å².